The van der Waals surface area contributed by atoms with Gasteiger partial charge in [-0.2, -0.15) is 5.10 Å². The minimum Gasteiger partial charge on any atom is -0.497 e. The SMILES string of the molecule is COc1ccc(-c2nc3n(c2NC(C)(C)C)CCN(C(=O)c2cn(C)nc2C)C3)cc1. The fraction of sp³-hybridized carbons (Fsp3) is 0.435. The Bertz CT molecular complexity index is 1100. The second-order valence-electron chi connectivity index (χ2n) is 9.01. The van der Waals surface area contributed by atoms with Crippen molar-refractivity contribution in [3.63, 3.8) is 0 Å². The lowest BCUT2D eigenvalue weighted by atomic mass is 10.1. The first kappa shape index (κ1) is 21.0. The summed E-state index contributed by atoms with van der Waals surface area (Å²) < 4.78 is 9.18. The number of amides is 1. The molecule has 8 heteroatoms. The quantitative estimate of drug-likeness (QED) is 0.697. The molecule has 164 valence electrons. The number of rotatable bonds is 4. The van der Waals surface area contributed by atoms with Gasteiger partial charge in [-0.05, 0) is 52.0 Å². The molecule has 0 spiro atoms. The van der Waals surface area contributed by atoms with Crippen LogP contribution in [0, 0.1) is 6.92 Å². The number of aryl methyl sites for hydroxylation is 2. The number of ether oxygens (including phenoxy) is 1. The topological polar surface area (TPSA) is 77.2 Å². The van der Waals surface area contributed by atoms with Crippen molar-refractivity contribution in [1.29, 1.82) is 0 Å². The molecule has 0 fully saturated rings. The molecule has 0 bridgehead atoms. The number of aromatic nitrogens is 4. The molecule has 1 aliphatic heterocycles. The lowest BCUT2D eigenvalue weighted by Crippen LogP contribution is -2.39. The first-order chi connectivity index (χ1) is 14.7. The predicted molar refractivity (Wildman–Crippen MR) is 120 cm³/mol. The van der Waals surface area contributed by atoms with Gasteiger partial charge in [-0.25, -0.2) is 4.98 Å². The van der Waals surface area contributed by atoms with Crippen LogP contribution in [0.25, 0.3) is 11.3 Å². The first-order valence-electron chi connectivity index (χ1n) is 10.5. The highest BCUT2D eigenvalue weighted by Gasteiger charge is 2.29. The Balaban J connectivity index is 1.70. The molecule has 0 unspecified atom stereocenters. The summed E-state index contributed by atoms with van der Waals surface area (Å²) in [7, 11) is 3.49. The van der Waals surface area contributed by atoms with Crippen molar-refractivity contribution in [2.75, 3.05) is 19.0 Å². The smallest absolute Gasteiger partial charge is 0.257 e. The van der Waals surface area contributed by atoms with Gasteiger partial charge in [0.25, 0.3) is 5.91 Å². The average molecular weight is 423 g/mol. The molecule has 1 aliphatic rings. The Morgan fingerprint density at radius 1 is 1.16 bits per heavy atom. The molecule has 4 rings (SSSR count). The van der Waals surface area contributed by atoms with E-state index in [0.717, 1.165) is 34.3 Å². The number of anilines is 1. The van der Waals surface area contributed by atoms with Gasteiger partial charge in [-0.1, -0.05) is 0 Å². The summed E-state index contributed by atoms with van der Waals surface area (Å²) in [6, 6.07) is 7.91. The van der Waals surface area contributed by atoms with Crippen LogP contribution in [0.15, 0.2) is 30.5 Å². The molecule has 0 atom stereocenters. The van der Waals surface area contributed by atoms with Crippen LogP contribution in [0.4, 0.5) is 5.82 Å². The van der Waals surface area contributed by atoms with Gasteiger partial charge in [0.15, 0.2) is 0 Å². The molecule has 3 aromatic rings. The molecule has 3 heterocycles. The van der Waals surface area contributed by atoms with Crippen molar-refractivity contribution in [2.24, 2.45) is 7.05 Å². The molecule has 1 N–H and O–H groups in total. The van der Waals surface area contributed by atoms with Gasteiger partial charge < -0.3 is 19.5 Å². The summed E-state index contributed by atoms with van der Waals surface area (Å²) in [6.07, 6.45) is 1.79. The maximum Gasteiger partial charge on any atom is 0.257 e. The number of hydrogen-bond acceptors (Lipinski definition) is 5. The normalized spacial score (nSPS) is 13.8. The van der Waals surface area contributed by atoms with Gasteiger partial charge in [0.05, 0.1) is 24.9 Å². The maximum absolute atomic E-state index is 13.1. The van der Waals surface area contributed by atoms with E-state index in [1.54, 1.807) is 18.0 Å². The number of imidazole rings is 1. The molecule has 8 nitrogen and oxygen atoms in total. The van der Waals surface area contributed by atoms with E-state index >= 15 is 0 Å². The number of carbonyl (C=O) groups is 1. The molecular weight excluding hydrogens is 392 g/mol. The average Bonchev–Trinajstić information content (AvgIpc) is 3.25. The number of fused-ring (bicyclic) bond motifs is 1. The molecule has 0 aliphatic carbocycles. The van der Waals surface area contributed by atoms with Crippen molar-refractivity contribution in [2.45, 2.75) is 46.3 Å². The van der Waals surface area contributed by atoms with Gasteiger partial charge in [0.1, 0.15) is 23.1 Å². The summed E-state index contributed by atoms with van der Waals surface area (Å²) in [5, 5.41) is 7.94. The van der Waals surface area contributed by atoms with Crippen molar-refractivity contribution in [3.8, 4) is 17.0 Å². The summed E-state index contributed by atoms with van der Waals surface area (Å²) >= 11 is 0. The fourth-order valence-corrected chi connectivity index (χ4v) is 3.92. The number of nitrogens with zero attached hydrogens (tertiary/aromatic N) is 5. The second-order valence-corrected chi connectivity index (χ2v) is 9.01. The zero-order valence-corrected chi connectivity index (χ0v) is 19.1. The standard InChI is InChI=1S/C23H30N6O2/c1-15-18(13-27(5)26-15)22(30)28-11-12-29-19(14-28)24-20(21(29)25-23(2,3)4)16-7-9-17(31-6)10-8-16/h7-10,13,25H,11-12,14H2,1-6H3. The van der Waals surface area contributed by atoms with Gasteiger partial charge in [0.2, 0.25) is 0 Å². The molecule has 1 aromatic carbocycles. The van der Waals surface area contributed by atoms with Crippen LogP contribution in [0.1, 0.15) is 42.6 Å². The van der Waals surface area contributed by atoms with Crippen LogP contribution >= 0.6 is 0 Å². The van der Waals surface area contributed by atoms with E-state index in [4.69, 9.17) is 9.72 Å². The van der Waals surface area contributed by atoms with E-state index in [-0.39, 0.29) is 11.4 Å². The maximum atomic E-state index is 13.1. The first-order valence-corrected chi connectivity index (χ1v) is 10.5. The number of hydrogen-bond donors (Lipinski definition) is 1. The molecule has 2 aromatic heterocycles. The van der Waals surface area contributed by atoms with Gasteiger partial charge in [-0.3, -0.25) is 9.48 Å². The highest BCUT2D eigenvalue weighted by atomic mass is 16.5. The number of methoxy groups -OCH3 is 1. The third-order valence-corrected chi connectivity index (χ3v) is 5.36. The molecule has 0 saturated carbocycles. The van der Waals surface area contributed by atoms with Crippen LogP contribution in [-0.4, -0.2) is 49.3 Å². The molecule has 0 radical (unpaired) electrons. The number of benzene rings is 1. The molecular formula is C23H30N6O2. The minimum atomic E-state index is -0.127. The van der Waals surface area contributed by atoms with Crippen LogP contribution in [0.5, 0.6) is 5.75 Å². The second kappa shape index (κ2) is 7.76. The summed E-state index contributed by atoms with van der Waals surface area (Å²) in [6.45, 7) is 10.0. The Morgan fingerprint density at radius 3 is 2.45 bits per heavy atom. The zero-order chi connectivity index (χ0) is 22.3. The zero-order valence-electron chi connectivity index (χ0n) is 19.1. The van der Waals surface area contributed by atoms with Crippen LogP contribution in [0.2, 0.25) is 0 Å². The van der Waals surface area contributed by atoms with Gasteiger partial charge >= 0.3 is 0 Å². The van der Waals surface area contributed by atoms with Gasteiger partial charge in [-0.15, -0.1) is 0 Å². The van der Waals surface area contributed by atoms with Gasteiger partial charge in [0, 0.05) is 37.4 Å². The fourth-order valence-electron chi connectivity index (χ4n) is 3.92. The van der Waals surface area contributed by atoms with E-state index in [9.17, 15) is 4.79 Å². The lowest BCUT2D eigenvalue weighted by molar-refractivity contribution is 0.0707. The lowest BCUT2D eigenvalue weighted by Gasteiger charge is -2.30. The molecule has 31 heavy (non-hydrogen) atoms. The largest absolute Gasteiger partial charge is 0.497 e. The van der Waals surface area contributed by atoms with Crippen molar-refractivity contribution < 1.29 is 9.53 Å². The minimum absolute atomic E-state index is 0.00354. The highest BCUT2D eigenvalue weighted by molar-refractivity contribution is 5.95. The van der Waals surface area contributed by atoms with E-state index < -0.39 is 0 Å². The third-order valence-electron chi connectivity index (χ3n) is 5.36. The molecule has 0 saturated heterocycles. The monoisotopic (exact) mass is 422 g/mol. The highest BCUT2D eigenvalue weighted by Crippen LogP contribution is 2.34. The van der Waals surface area contributed by atoms with Crippen molar-refractivity contribution in [1.82, 2.24) is 24.2 Å². The number of nitrogens with one attached hydrogen (secondary N) is 1. The van der Waals surface area contributed by atoms with Crippen LogP contribution < -0.4 is 10.1 Å². The van der Waals surface area contributed by atoms with Crippen molar-refractivity contribution in [3.05, 3.63) is 47.5 Å². The van der Waals surface area contributed by atoms with E-state index in [0.29, 0.717) is 25.2 Å². The predicted octanol–water partition coefficient (Wildman–Crippen LogP) is 3.47. The summed E-state index contributed by atoms with van der Waals surface area (Å²) in [5.74, 6) is 2.66. The number of carbonyl (C=O) groups excluding carboxylic acids is 1. The summed E-state index contributed by atoms with van der Waals surface area (Å²) in [4.78, 5) is 19.9. The Kier molecular flexibility index (Phi) is 5.24. The third kappa shape index (κ3) is 4.15. The Labute approximate surface area is 182 Å². The van der Waals surface area contributed by atoms with E-state index in [1.165, 1.54) is 0 Å². The van der Waals surface area contributed by atoms with E-state index in [2.05, 4.69) is 35.8 Å². The van der Waals surface area contributed by atoms with Crippen molar-refractivity contribution >= 4 is 11.7 Å². The van der Waals surface area contributed by atoms with Crippen LogP contribution in [0.3, 0.4) is 0 Å². The summed E-state index contributed by atoms with van der Waals surface area (Å²) in [5.41, 5.74) is 3.16. The van der Waals surface area contributed by atoms with Crippen LogP contribution in [-0.2, 0) is 20.1 Å². The Hall–Kier alpha value is -3.29. The Morgan fingerprint density at radius 2 is 1.87 bits per heavy atom. The van der Waals surface area contributed by atoms with E-state index in [1.807, 2.05) is 43.1 Å². The molecule has 1 amide bonds.